The van der Waals surface area contributed by atoms with Gasteiger partial charge in [0, 0.05) is 18.0 Å². The van der Waals surface area contributed by atoms with Crippen molar-refractivity contribution in [3.8, 4) is 0 Å². The lowest BCUT2D eigenvalue weighted by atomic mass is 9.81. The highest BCUT2D eigenvalue weighted by Crippen LogP contribution is 2.36. The van der Waals surface area contributed by atoms with Crippen LogP contribution in [0, 0.1) is 11.8 Å². The lowest BCUT2D eigenvalue weighted by molar-refractivity contribution is 0.0697. The van der Waals surface area contributed by atoms with E-state index < -0.39 is 24.0 Å². The Kier molecular flexibility index (Phi) is 5.58. The number of ether oxygens (including phenoxy) is 1. The molecule has 5 nitrogen and oxygen atoms in total. The second-order valence-electron chi connectivity index (χ2n) is 6.83. The summed E-state index contributed by atoms with van der Waals surface area (Å²) in [5.74, 6) is -0.953. The van der Waals surface area contributed by atoms with Crippen molar-refractivity contribution in [2.45, 2.75) is 32.0 Å². The number of allylic oxidation sites excluding steroid dienone is 4. The molecular formula is C20H22F2N2O3. The van der Waals surface area contributed by atoms with Crippen molar-refractivity contribution in [2.75, 3.05) is 12.4 Å². The Morgan fingerprint density at radius 1 is 1.37 bits per heavy atom. The molecule has 3 rings (SSSR count). The fraction of sp³-hybridized carbons (Fsp3) is 0.400. The van der Waals surface area contributed by atoms with Crippen molar-refractivity contribution in [3.63, 3.8) is 0 Å². The summed E-state index contributed by atoms with van der Waals surface area (Å²) in [6.45, 7) is 2.06. The van der Waals surface area contributed by atoms with Gasteiger partial charge in [0.1, 0.15) is 29.4 Å². The average molecular weight is 376 g/mol. The first-order valence-electron chi connectivity index (χ1n) is 8.84. The summed E-state index contributed by atoms with van der Waals surface area (Å²) in [6.07, 6.45) is 6.02. The molecule has 4 atom stereocenters. The summed E-state index contributed by atoms with van der Waals surface area (Å²) in [6, 6.07) is 1.47. The SMILES string of the molecule is COC1=CC(C2=CC(F)C(Nc3ncccc3C(=O)O)C(F)=C2)CCC1C. The molecule has 0 bridgehead atoms. The zero-order valence-electron chi connectivity index (χ0n) is 15.2. The van der Waals surface area contributed by atoms with E-state index in [-0.39, 0.29) is 17.3 Å². The average Bonchev–Trinajstić information content (AvgIpc) is 2.65. The van der Waals surface area contributed by atoms with Crippen LogP contribution in [0.15, 0.2) is 53.7 Å². The second-order valence-corrected chi connectivity index (χ2v) is 6.83. The highest BCUT2D eigenvalue weighted by Gasteiger charge is 2.32. The molecule has 1 aromatic heterocycles. The van der Waals surface area contributed by atoms with Crippen LogP contribution in [0.3, 0.4) is 0 Å². The van der Waals surface area contributed by atoms with Gasteiger partial charge in [0.25, 0.3) is 0 Å². The van der Waals surface area contributed by atoms with E-state index in [1.54, 1.807) is 7.11 Å². The van der Waals surface area contributed by atoms with Crippen LogP contribution in [0.25, 0.3) is 0 Å². The first-order chi connectivity index (χ1) is 12.9. The van der Waals surface area contributed by atoms with E-state index in [0.717, 1.165) is 18.6 Å². The van der Waals surface area contributed by atoms with Gasteiger partial charge in [-0.1, -0.05) is 6.92 Å². The van der Waals surface area contributed by atoms with E-state index in [2.05, 4.69) is 17.2 Å². The number of methoxy groups -OCH3 is 1. The van der Waals surface area contributed by atoms with Gasteiger partial charge in [0.05, 0.1) is 12.9 Å². The van der Waals surface area contributed by atoms with Crippen molar-refractivity contribution >= 4 is 11.8 Å². The van der Waals surface area contributed by atoms with Crippen LogP contribution in [-0.2, 0) is 4.74 Å². The summed E-state index contributed by atoms with van der Waals surface area (Å²) in [5, 5.41) is 11.8. The molecule has 2 aliphatic carbocycles. The Labute approximate surface area is 156 Å². The lowest BCUT2D eigenvalue weighted by Crippen LogP contribution is -2.34. The Balaban J connectivity index is 1.81. The predicted octanol–water partition coefficient (Wildman–Crippen LogP) is 4.27. The Morgan fingerprint density at radius 3 is 2.81 bits per heavy atom. The maximum Gasteiger partial charge on any atom is 0.339 e. The smallest absolute Gasteiger partial charge is 0.339 e. The van der Waals surface area contributed by atoms with E-state index >= 15 is 0 Å². The lowest BCUT2D eigenvalue weighted by Gasteiger charge is -2.30. The highest BCUT2D eigenvalue weighted by molar-refractivity contribution is 5.93. The number of nitrogens with zero attached hydrogens (tertiary/aromatic N) is 1. The first kappa shape index (κ1) is 19.1. The number of rotatable bonds is 5. The largest absolute Gasteiger partial charge is 0.501 e. The van der Waals surface area contributed by atoms with Crippen LogP contribution in [0.5, 0.6) is 0 Å². The molecule has 7 heteroatoms. The third-order valence-electron chi connectivity index (χ3n) is 5.03. The van der Waals surface area contributed by atoms with E-state index in [0.29, 0.717) is 11.5 Å². The molecule has 27 heavy (non-hydrogen) atoms. The first-order valence-corrected chi connectivity index (χ1v) is 8.84. The number of halogens is 2. The maximum atomic E-state index is 14.7. The van der Waals surface area contributed by atoms with Gasteiger partial charge in [-0.3, -0.25) is 0 Å². The predicted molar refractivity (Wildman–Crippen MR) is 97.8 cm³/mol. The minimum atomic E-state index is -1.65. The minimum absolute atomic E-state index is 0.0638. The molecule has 2 aliphatic rings. The molecule has 2 N–H and O–H groups in total. The number of pyridine rings is 1. The van der Waals surface area contributed by atoms with Crippen molar-refractivity contribution in [1.82, 2.24) is 4.98 Å². The monoisotopic (exact) mass is 376 g/mol. The summed E-state index contributed by atoms with van der Waals surface area (Å²) in [5.41, 5.74) is 0.431. The zero-order valence-corrected chi connectivity index (χ0v) is 15.2. The van der Waals surface area contributed by atoms with Gasteiger partial charge in [-0.05, 0) is 48.8 Å². The van der Waals surface area contributed by atoms with Crippen molar-refractivity contribution in [3.05, 3.63) is 59.3 Å². The number of carboxylic acids is 1. The molecule has 0 spiro atoms. The van der Waals surface area contributed by atoms with Crippen LogP contribution in [0.4, 0.5) is 14.6 Å². The molecule has 0 saturated heterocycles. The number of carboxylic acid groups (broad SMARTS) is 1. The number of alkyl halides is 1. The number of aromatic carboxylic acids is 1. The molecule has 0 aromatic carbocycles. The Hall–Kier alpha value is -2.70. The molecule has 0 saturated carbocycles. The molecule has 144 valence electrons. The fourth-order valence-electron chi connectivity index (χ4n) is 3.50. The molecule has 0 fully saturated rings. The van der Waals surface area contributed by atoms with Crippen LogP contribution in [-0.4, -0.2) is 35.4 Å². The van der Waals surface area contributed by atoms with Crippen molar-refractivity contribution in [1.29, 1.82) is 0 Å². The minimum Gasteiger partial charge on any atom is -0.501 e. The summed E-state index contributed by atoms with van der Waals surface area (Å²) in [4.78, 5) is 15.2. The number of anilines is 1. The third kappa shape index (κ3) is 4.02. The van der Waals surface area contributed by atoms with Crippen LogP contribution in [0.2, 0.25) is 0 Å². The number of carbonyl (C=O) groups is 1. The van der Waals surface area contributed by atoms with Gasteiger partial charge in [0.2, 0.25) is 0 Å². The summed E-state index contributed by atoms with van der Waals surface area (Å²) >= 11 is 0. The van der Waals surface area contributed by atoms with Gasteiger partial charge in [-0.25, -0.2) is 18.6 Å². The topological polar surface area (TPSA) is 71.5 Å². The standard InChI is InChI=1S/C20H22F2N2O3/c1-11-5-6-12(10-17(11)27-2)13-8-15(21)18(16(22)9-13)24-19-14(20(25)26)4-3-7-23-19/h3-4,7-12,15,18H,5-6H2,1-2H3,(H,23,24)(H,25,26). The fourth-order valence-corrected chi connectivity index (χ4v) is 3.50. The van der Waals surface area contributed by atoms with Gasteiger partial charge < -0.3 is 15.2 Å². The van der Waals surface area contributed by atoms with E-state index in [4.69, 9.17) is 4.74 Å². The Bertz CT molecular complexity index is 819. The molecule has 4 unspecified atom stereocenters. The number of aromatic nitrogens is 1. The van der Waals surface area contributed by atoms with Crippen molar-refractivity contribution in [2.24, 2.45) is 11.8 Å². The second kappa shape index (κ2) is 7.90. The van der Waals surface area contributed by atoms with E-state index in [1.807, 2.05) is 6.08 Å². The van der Waals surface area contributed by atoms with Gasteiger partial charge >= 0.3 is 5.97 Å². The number of hydrogen-bond acceptors (Lipinski definition) is 4. The third-order valence-corrected chi connectivity index (χ3v) is 5.03. The quantitative estimate of drug-likeness (QED) is 0.803. The highest BCUT2D eigenvalue weighted by atomic mass is 19.1. The van der Waals surface area contributed by atoms with E-state index in [9.17, 15) is 18.7 Å². The molecule has 0 amide bonds. The normalized spacial score (nSPS) is 27.9. The van der Waals surface area contributed by atoms with Crippen molar-refractivity contribution < 1.29 is 23.4 Å². The van der Waals surface area contributed by atoms with Gasteiger partial charge in [0.15, 0.2) is 0 Å². The summed E-state index contributed by atoms with van der Waals surface area (Å²) in [7, 11) is 1.60. The molecular weight excluding hydrogens is 354 g/mol. The van der Waals surface area contributed by atoms with Crippen LogP contribution < -0.4 is 5.32 Å². The molecule has 1 heterocycles. The molecule has 0 radical (unpaired) electrons. The molecule has 0 aliphatic heterocycles. The number of nitrogens with one attached hydrogen (secondary N) is 1. The maximum absolute atomic E-state index is 14.7. The number of hydrogen-bond donors (Lipinski definition) is 2. The zero-order chi connectivity index (χ0) is 19.6. The van der Waals surface area contributed by atoms with Crippen LogP contribution in [0.1, 0.15) is 30.1 Å². The van der Waals surface area contributed by atoms with E-state index in [1.165, 1.54) is 30.5 Å². The summed E-state index contributed by atoms with van der Waals surface area (Å²) < 4.78 is 34.8. The van der Waals surface area contributed by atoms with Gasteiger partial charge in [-0.15, -0.1) is 0 Å². The Morgan fingerprint density at radius 2 is 2.15 bits per heavy atom. The van der Waals surface area contributed by atoms with Crippen LogP contribution >= 0.6 is 0 Å². The molecule has 1 aromatic rings. The van der Waals surface area contributed by atoms with Gasteiger partial charge in [-0.2, -0.15) is 0 Å².